The van der Waals surface area contributed by atoms with E-state index in [0.29, 0.717) is 28.5 Å². The lowest BCUT2D eigenvalue weighted by Gasteiger charge is -2.30. The summed E-state index contributed by atoms with van der Waals surface area (Å²) >= 11 is 0. The van der Waals surface area contributed by atoms with Crippen LogP contribution >= 0.6 is 0 Å². The number of amides is 2. The highest BCUT2D eigenvalue weighted by atomic mass is 16.5. The van der Waals surface area contributed by atoms with Gasteiger partial charge in [-0.15, -0.1) is 0 Å². The number of para-hydroxylation sites is 2. The van der Waals surface area contributed by atoms with Crippen molar-refractivity contribution in [3.8, 4) is 5.75 Å². The Bertz CT molecular complexity index is 806. The van der Waals surface area contributed by atoms with Crippen LogP contribution in [0.15, 0.2) is 42.7 Å². The van der Waals surface area contributed by atoms with Crippen molar-refractivity contribution >= 4 is 17.5 Å². The molecule has 6 heteroatoms. The highest BCUT2D eigenvalue weighted by Crippen LogP contribution is 2.24. The van der Waals surface area contributed by atoms with E-state index in [1.54, 1.807) is 25.3 Å². The summed E-state index contributed by atoms with van der Waals surface area (Å²) in [5.74, 6) is 0.667. The highest BCUT2D eigenvalue weighted by molar-refractivity contribution is 6.06. The van der Waals surface area contributed by atoms with Crippen LogP contribution in [-0.2, 0) is 0 Å². The maximum absolute atomic E-state index is 12.7. The fraction of sp³-hybridized carbons (Fsp3) is 0.350. The number of rotatable bonds is 4. The monoisotopic (exact) mass is 353 g/mol. The molecular weight excluding hydrogens is 330 g/mol. The number of nitrogens with one attached hydrogen (secondary N) is 1. The molecule has 0 aliphatic carbocycles. The number of carbonyl (C=O) groups is 2. The molecule has 136 valence electrons. The van der Waals surface area contributed by atoms with Crippen LogP contribution in [0.1, 0.15) is 40.5 Å². The van der Waals surface area contributed by atoms with Gasteiger partial charge in [0.2, 0.25) is 0 Å². The lowest BCUT2D eigenvalue weighted by Crippen LogP contribution is -2.39. The van der Waals surface area contributed by atoms with E-state index in [-0.39, 0.29) is 11.8 Å². The molecule has 1 saturated heterocycles. The average Bonchev–Trinajstić information content (AvgIpc) is 2.68. The maximum Gasteiger partial charge on any atom is 0.257 e. The average molecular weight is 353 g/mol. The summed E-state index contributed by atoms with van der Waals surface area (Å²) in [4.78, 5) is 31.2. The van der Waals surface area contributed by atoms with Gasteiger partial charge in [0.15, 0.2) is 0 Å². The van der Waals surface area contributed by atoms with Crippen molar-refractivity contribution in [2.24, 2.45) is 5.92 Å². The largest absolute Gasteiger partial charge is 0.495 e. The van der Waals surface area contributed by atoms with Gasteiger partial charge in [0, 0.05) is 25.5 Å². The molecule has 2 amide bonds. The van der Waals surface area contributed by atoms with E-state index >= 15 is 0 Å². The van der Waals surface area contributed by atoms with E-state index in [4.69, 9.17) is 4.74 Å². The van der Waals surface area contributed by atoms with E-state index < -0.39 is 0 Å². The zero-order chi connectivity index (χ0) is 18.5. The number of anilines is 1. The Balaban J connectivity index is 1.76. The fourth-order valence-electron chi connectivity index (χ4n) is 3.18. The summed E-state index contributed by atoms with van der Waals surface area (Å²) in [5.41, 5.74) is 1.35. The number of nitrogens with zero attached hydrogens (tertiary/aromatic N) is 2. The number of hydrogen-bond acceptors (Lipinski definition) is 4. The van der Waals surface area contributed by atoms with Crippen LogP contribution in [0.3, 0.4) is 0 Å². The third-order valence-electron chi connectivity index (χ3n) is 4.55. The van der Waals surface area contributed by atoms with Gasteiger partial charge in [-0.2, -0.15) is 0 Å². The Morgan fingerprint density at radius 2 is 2.00 bits per heavy atom. The van der Waals surface area contributed by atoms with Crippen molar-refractivity contribution in [3.05, 3.63) is 53.9 Å². The van der Waals surface area contributed by atoms with Crippen LogP contribution in [0.4, 0.5) is 5.69 Å². The van der Waals surface area contributed by atoms with Crippen molar-refractivity contribution in [1.29, 1.82) is 0 Å². The molecule has 1 unspecified atom stereocenters. The first kappa shape index (κ1) is 17.9. The number of benzene rings is 1. The second-order valence-electron chi connectivity index (χ2n) is 6.62. The molecule has 1 aliphatic rings. The second-order valence-corrected chi connectivity index (χ2v) is 6.62. The van der Waals surface area contributed by atoms with E-state index in [9.17, 15) is 9.59 Å². The molecule has 1 aliphatic heterocycles. The number of aromatic nitrogens is 1. The highest BCUT2D eigenvalue weighted by Gasteiger charge is 2.23. The minimum atomic E-state index is -0.330. The SMILES string of the molecule is COc1ccccc1NC(=O)c1cncc(C(=O)N2CCCC(C)C2)c1. The molecule has 1 aromatic heterocycles. The Morgan fingerprint density at radius 1 is 1.23 bits per heavy atom. The fourth-order valence-corrected chi connectivity index (χ4v) is 3.18. The van der Waals surface area contributed by atoms with Crippen molar-refractivity contribution < 1.29 is 14.3 Å². The number of methoxy groups -OCH3 is 1. The lowest BCUT2D eigenvalue weighted by molar-refractivity contribution is 0.0682. The molecule has 1 fully saturated rings. The van der Waals surface area contributed by atoms with E-state index in [1.165, 1.54) is 12.4 Å². The smallest absolute Gasteiger partial charge is 0.257 e. The standard InChI is InChI=1S/C20H23N3O3/c1-14-6-5-9-23(13-14)20(25)16-10-15(11-21-12-16)19(24)22-17-7-3-4-8-18(17)26-2/h3-4,7-8,10-12,14H,5-6,9,13H2,1-2H3,(H,22,24). The molecule has 1 atom stereocenters. The molecule has 0 bridgehead atoms. The Hall–Kier alpha value is -2.89. The number of hydrogen-bond donors (Lipinski definition) is 1. The summed E-state index contributed by atoms with van der Waals surface area (Å²) in [7, 11) is 1.55. The molecule has 3 rings (SSSR count). The topological polar surface area (TPSA) is 71.5 Å². The first-order chi connectivity index (χ1) is 12.6. The molecule has 2 heterocycles. The predicted molar refractivity (Wildman–Crippen MR) is 99.5 cm³/mol. The van der Waals surface area contributed by atoms with Gasteiger partial charge in [0.1, 0.15) is 5.75 Å². The van der Waals surface area contributed by atoms with Crippen LogP contribution in [0, 0.1) is 5.92 Å². The number of ether oxygens (including phenoxy) is 1. The van der Waals surface area contributed by atoms with Gasteiger partial charge in [-0.1, -0.05) is 19.1 Å². The summed E-state index contributed by atoms with van der Waals surface area (Å²) in [6.07, 6.45) is 5.12. The normalized spacial score (nSPS) is 16.8. The third kappa shape index (κ3) is 4.02. The van der Waals surface area contributed by atoms with E-state index in [2.05, 4.69) is 17.2 Å². The first-order valence-corrected chi connectivity index (χ1v) is 8.77. The molecule has 1 aromatic carbocycles. The molecule has 0 radical (unpaired) electrons. The maximum atomic E-state index is 12.7. The zero-order valence-corrected chi connectivity index (χ0v) is 15.1. The molecule has 1 N–H and O–H groups in total. The van der Waals surface area contributed by atoms with Crippen molar-refractivity contribution in [1.82, 2.24) is 9.88 Å². The number of likely N-dealkylation sites (tertiary alicyclic amines) is 1. The van der Waals surface area contributed by atoms with Crippen LogP contribution in [0.2, 0.25) is 0 Å². The van der Waals surface area contributed by atoms with Gasteiger partial charge >= 0.3 is 0 Å². The molecule has 26 heavy (non-hydrogen) atoms. The molecule has 2 aromatic rings. The summed E-state index contributed by atoms with van der Waals surface area (Å²) in [6.45, 7) is 3.64. The number of carbonyl (C=O) groups excluding carboxylic acids is 2. The van der Waals surface area contributed by atoms with Crippen LogP contribution in [0.25, 0.3) is 0 Å². The number of pyridine rings is 1. The van der Waals surface area contributed by atoms with Gasteiger partial charge in [0.25, 0.3) is 11.8 Å². The second kappa shape index (κ2) is 7.99. The molecular formula is C20H23N3O3. The number of piperidine rings is 1. The first-order valence-electron chi connectivity index (χ1n) is 8.77. The van der Waals surface area contributed by atoms with Gasteiger partial charge in [0.05, 0.1) is 23.9 Å². The van der Waals surface area contributed by atoms with Crippen molar-refractivity contribution in [2.45, 2.75) is 19.8 Å². The van der Waals surface area contributed by atoms with Crippen LogP contribution in [-0.4, -0.2) is 41.9 Å². The van der Waals surface area contributed by atoms with Gasteiger partial charge in [-0.3, -0.25) is 14.6 Å². The van der Waals surface area contributed by atoms with Crippen LogP contribution < -0.4 is 10.1 Å². The Morgan fingerprint density at radius 3 is 2.77 bits per heavy atom. The van der Waals surface area contributed by atoms with Crippen molar-refractivity contribution in [2.75, 3.05) is 25.5 Å². The molecule has 0 spiro atoms. The van der Waals surface area contributed by atoms with Crippen LogP contribution in [0.5, 0.6) is 5.75 Å². The van der Waals surface area contributed by atoms with Crippen molar-refractivity contribution in [3.63, 3.8) is 0 Å². The Kier molecular flexibility index (Phi) is 5.51. The Labute approximate surface area is 153 Å². The van der Waals surface area contributed by atoms with E-state index in [0.717, 1.165) is 25.9 Å². The van der Waals surface area contributed by atoms with E-state index in [1.807, 2.05) is 17.0 Å². The summed E-state index contributed by atoms with van der Waals surface area (Å²) in [6, 6.07) is 8.77. The molecule has 6 nitrogen and oxygen atoms in total. The third-order valence-corrected chi connectivity index (χ3v) is 4.55. The van der Waals surface area contributed by atoms with Gasteiger partial charge < -0.3 is 15.0 Å². The quantitative estimate of drug-likeness (QED) is 0.916. The predicted octanol–water partition coefficient (Wildman–Crippen LogP) is 3.21. The minimum Gasteiger partial charge on any atom is -0.495 e. The van der Waals surface area contributed by atoms with Gasteiger partial charge in [-0.05, 0) is 37.0 Å². The minimum absolute atomic E-state index is 0.0732. The summed E-state index contributed by atoms with van der Waals surface area (Å²) < 4.78 is 5.24. The lowest BCUT2D eigenvalue weighted by atomic mass is 9.99. The molecule has 0 saturated carbocycles. The van der Waals surface area contributed by atoms with Gasteiger partial charge in [-0.25, -0.2) is 0 Å². The summed E-state index contributed by atoms with van der Waals surface area (Å²) in [5, 5.41) is 2.80. The zero-order valence-electron chi connectivity index (χ0n) is 15.1.